The van der Waals surface area contributed by atoms with Gasteiger partial charge in [-0.2, -0.15) is 0 Å². The first-order valence-electron chi connectivity index (χ1n) is 8.89. The van der Waals surface area contributed by atoms with Crippen LogP contribution in [0.15, 0.2) is 48.6 Å². The largest absolute Gasteiger partial charge is 0.497 e. The van der Waals surface area contributed by atoms with Gasteiger partial charge < -0.3 is 14.6 Å². The van der Waals surface area contributed by atoms with E-state index in [9.17, 15) is 5.11 Å². The van der Waals surface area contributed by atoms with Crippen LogP contribution in [0.25, 0.3) is 0 Å². The minimum absolute atomic E-state index is 0.139. The average Bonchev–Trinajstić information content (AvgIpc) is 2.89. The summed E-state index contributed by atoms with van der Waals surface area (Å²) in [6, 6.07) is 8.02. The number of benzene rings is 1. The number of hydrogen-bond acceptors (Lipinski definition) is 3. The summed E-state index contributed by atoms with van der Waals surface area (Å²) < 4.78 is 11.3. The van der Waals surface area contributed by atoms with Crippen molar-refractivity contribution in [2.45, 2.75) is 44.5 Å². The van der Waals surface area contributed by atoms with E-state index in [4.69, 9.17) is 9.47 Å². The number of hydrogen-bond donors (Lipinski definition) is 1. The number of aliphatic hydroxyl groups excluding tert-OH is 1. The van der Waals surface area contributed by atoms with E-state index in [0.29, 0.717) is 18.4 Å². The fourth-order valence-electron chi connectivity index (χ4n) is 4.89. The zero-order valence-electron chi connectivity index (χ0n) is 14.3. The smallest absolute Gasteiger partial charge is 0.118 e. The molecule has 0 radical (unpaired) electrons. The molecule has 0 amide bonds. The van der Waals surface area contributed by atoms with Crippen molar-refractivity contribution < 1.29 is 14.6 Å². The van der Waals surface area contributed by atoms with Gasteiger partial charge in [0.2, 0.25) is 0 Å². The van der Waals surface area contributed by atoms with Crippen LogP contribution in [0.3, 0.4) is 0 Å². The maximum absolute atomic E-state index is 10.4. The van der Waals surface area contributed by atoms with E-state index in [1.807, 2.05) is 24.3 Å². The van der Waals surface area contributed by atoms with Crippen LogP contribution in [0.1, 0.15) is 31.2 Å². The highest BCUT2D eigenvalue weighted by Crippen LogP contribution is 2.60. The number of allylic oxidation sites excluding steroid dienone is 1. The summed E-state index contributed by atoms with van der Waals surface area (Å²) in [5, 5.41) is 10.4. The third-order valence-corrected chi connectivity index (χ3v) is 6.27. The number of methoxy groups -OCH3 is 1. The number of rotatable bonds is 4. The Balaban J connectivity index is 1.42. The standard InChI is InChI=1S/C21H26O3/c1-14-11-21-8-7-18(9-16(21)10-20(22)19(14)12-21)24-13-15-3-5-17(23-2)6-4-15/h3-8,16,18-20,22H,1,9-13H2,2H3/t16-,18-,19-,20-,21-/m1/s1. The molecule has 1 aromatic carbocycles. The first kappa shape index (κ1) is 15.9. The Morgan fingerprint density at radius 1 is 1.25 bits per heavy atom. The predicted octanol–water partition coefficient (Wildman–Crippen LogP) is 3.87. The van der Waals surface area contributed by atoms with Gasteiger partial charge in [0.15, 0.2) is 0 Å². The fraction of sp³-hybridized carbons (Fsp3) is 0.524. The van der Waals surface area contributed by atoms with E-state index in [1.54, 1.807) is 7.11 Å². The van der Waals surface area contributed by atoms with Crippen molar-refractivity contribution >= 4 is 0 Å². The minimum atomic E-state index is -0.216. The molecule has 3 aliphatic carbocycles. The molecule has 3 nitrogen and oxygen atoms in total. The highest BCUT2D eigenvalue weighted by molar-refractivity contribution is 5.28. The van der Waals surface area contributed by atoms with Gasteiger partial charge in [0.25, 0.3) is 0 Å². The lowest BCUT2D eigenvalue weighted by Gasteiger charge is -2.44. The van der Waals surface area contributed by atoms with Gasteiger partial charge in [-0.25, -0.2) is 0 Å². The molecular weight excluding hydrogens is 300 g/mol. The van der Waals surface area contributed by atoms with E-state index < -0.39 is 0 Å². The molecule has 0 heterocycles. The maximum atomic E-state index is 10.4. The van der Waals surface area contributed by atoms with Crippen LogP contribution < -0.4 is 4.74 Å². The summed E-state index contributed by atoms with van der Waals surface area (Å²) in [6.07, 6.45) is 8.54. The summed E-state index contributed by atoms with van der Waals surface area (Å²) in [4.78, 5) is 0. The van der Waals surface area contributed by atoms with Gasteiger partial charge in [0.05, 0.1) is 25.9 Å². The second-order valence-corrected chi connectivity index (χ2v) is 7.67. The van der Waals surface area contributed by atoms with Crippen molar-refractivity contribution in [2.75, 3.05) is 7.11 Å². The summed E-state index contributed by atoms with van der Waals surface area (Å²) in [7, 11) is 1.68. The number of aliphatic hydroxyl groups is 1. The van der Waals surface area contributed by atoms with Crippen LogP contribution in [0.4, 0.5) is 0 Å². The minimum Gasteiger partial charge on any atom is -0.497 e. The van der Waals surface area contributed by atoms with Crippen LogP contribution in [-0.2, 0) is 11.3 Å². The van der Waals surface area contributed by atoms with E-state index in [0.717, 1.165) is 37.0 Å². The summed E-state index contributed by atoms with van der Waals surface area (Å²) in [6.45, 7) is 4.81. The van der Waals surface area contributed by atoms with Crippen molar-refractivity contribution in [3.63, 3.8) is 0 Å². The molecule has 4 rings (SSSR count). The maximum Gasteiger partial charge on any atom is 0.118 e. The lowest BCUT2D eigenvalue weighted by atomic mass is 9.62. The Morgan fingerprint density at radius 2 is 2.04 bits per heavy atom. The molecule has 0 saturated heterocycles. The van der Waals surface area contributed by atoms with E-state index >= 15 is 0 Å². The number of ether oxygens (including phenoxy) is 2. The first-order chi connectivity index (χ1) is 11.6. The van der Waals surface area contributed by atoms with E-state index in [-0.39, 0.29) is 17.6 Å². The van der Waals surface area contributed by atoms with E-state index in [1.165, 1.54) is 5.57 Å². The van der Waals surface area contributed by atoms with Gasteiger partial charge in [-0.15, -0.1) is 0 Å². The highest BCUT2D eigenvalue weighted by atomic mass is 16.5. The van der Waals surface area contributed by atoms with Gasteiger partial charge in [0.1, 0.15) is 5.75 Å². The van der Waals surface area contributed by atoms with Gasteiger partial charge in [-0.1, -0.05) is 36.4 Å². The Morgan fingerprint density at radius 3 is 2.79 bits per heavy atom. The van der Waals surface area contributed by atoms with Crippen molar-refractivity contribution in [2.24, 2.45) is 17.3 Å². The van der Waals surface area contributed by atoms with E-state index in [2.05, 4.69) is 18.7 Å². The zero-order valence-corrected chi connectivity index (χ0v) is 14.3. The Hall–Kier alpha value is -1.58. The lowest BCUT2D eigenvalue weighted by Crippen LogP contribution is -2.40. The molecule has 0 aliphatic heterocycles. The zero-order chi connectivity index (χ0) is 16.7. The molecule has 1 spiro atoms. The van der Waals surface area contributed by atoms with Crippen molar-refractivity contribution in [1.29, 1.82) is 0 Å². The fourth-order valence-corrected chi connectivity index (χ4v) is 4.89. The molecule has 0 unspecified atom stereocenters. The monoisotopic (exact) mass is 326 g/mol. The Labute approximate surface area is 144 Å². The molecule has 3 aliphatic rings. The third-order valence-electron chi connectivity index (χ3n) is 6.27. The Bertz CT molecular complexity index is 648. The van der Waals surface area contributed by atoms with Gasteiger partial charge in [0, 0.05) is 5.92 Å². The van der Waals surface area contributed by atoms with Gasteiger partial charge >= 0.3 is 0 Å². The second kappa shape index (κ2) is 6.05. The molecule has 2 fully saturated rings. The van der Waals surface area contributed by atoms with Crippen LogP contribution >= 0.6 is 0 Å². The van der Waals surface area contributed by atoms with Crippen molar-refractivity contribution in [1.82, 2.24) is 0 Å². The molecule has 5 atom stereocenters. The highest BCUT2D eigenvalue weighted by Gasteiger charge is 2.53. The second-order valence-electron chi connectivity index (χ2n) is 7.67. The van der Waals surface area contributed by atoms with Crippen LogP contribution in [-0.4, -0.2) is 24.4 Å². The van der Waals surface area contributed by atoms with Gasteiger partial charge in [-0.05, 0) is 54.7 Å². The number of fused-ring (bicyclic) bond motifs is 1. The van der Waals surface area contributed by atoms with Crippen molar-refractivity contribution in [3.8, 4) is 5.75 Å². The molecule has 3 heteroatoms. The summed E-state index contributed by atoms with van der Waals surface area (Å²) in [5.41, 5.74) is 2.63. The third kappa shape index (κ3) is 2.70. The Kier molecular flexibility index (Phi) is 4.01. The molecule has 2 bridgehead atoms. The SMILES string of the molecule is C=C1C[C@@]23C=C[C@@H](OCc4ccc(OC)cc4)C[C@@H]2C[C@@H](O)[C@@H]1C3. The van der Waals surface area contributed by atoms with Crippen LogP contribution in [0, 0.1) is 17.3 Å². The molecule has 0 aromatic heterocycles. The van der Waals surface area contributed by atoms with Crippen LogP contribution in [0.5, 0.6) is 5.75 Å². The topological polar surface area (TPSA) is 38.7 Å². The summed E-state index contributed by atoms with van der Waals surface area (Å²) in [5.74, 6) is 1.68. The molecule has 128 valence electrons. The quantitative estimate of drug-likeness (QED) is 0.854. The van der Waals surface area contributed by atoms with Gasteiger partial charge in [-0.3, -0.25) is 0 Å². The van der Waals surface area contributed by atoms with Crippen LogP contribution in [0.2, 0.25) is 0 Å². The molecule has 2 saturated carbocycles. The first-order valence-corrected chi connectivity index (χ1v) is 8.89. The lowest BCUT2D eigenvalue weighted by molar-refractivity contribution is -0.0174. The average molecular weight is 326 g/mol. The molecule has 24 heavy (non-hydrogen) atoms. The normalized spacial score (nSPS) is 37.3. The van der Waals surface area contributed by atoms with Crippen molar-refractivity contribution in [3.05, 3.63) is 54.1 Å². The summed E-state index contributed by atoms with van der Waals surface area (Å²) >= 11 is 0. The molecule has 1 N–H and O–H groups in total. The predicted molar refractivity (Wildman–Crippen MR) is 93.7 cm³/mol. The molecule has 1 aromatic rings. The molecular formula is C21H26O3.